The Morgan fingerprint density at radius 1 is 1.38 bits per heavy atom. The molecule has 1 aliphatic heterocycles. The molecule has 1 saturated heterocycles. The molecule has 2 aromatic rings. The zero-order chi connectivity index (χ0) is 18.7. The molecular weight excluding hydrogens is 370 g/mol. The van der Waals surface area contributed by atoms with Gasteiger partial charge in [-0.2, -0.15) is 0 Å². The Hall–Kier alpha value is -1.38. The molecule has 1 N–H and O–H groups in total. The highest BCUT2D eigenvalue weighted by atomic mass is 32.2. The Morgan fingerprint density at radius 3 is 2.92 bits per heavy atom. The molecule has 0 unspecified atom stereocenters. The predicted molar refractivity (Wildman–Crippen MR) is 106 cm³/mol. The van der Waals surface area contributed by atoms with Crippen LogP contribution in [0.2, 0.25) is 0 Å². The van der Waals surface area contributed by atoms with E-state index in [1.54, 1.807) is 23.0 Å². The molecule has 0 aliphatic carbocycles. The van der Waals surface area contributed by atoms with Crippen LogP contribution in [0.15, 0.2) is 9.95 Å². The van der Waals surface area contributed by atoms with Crippen LogP contribution >= 0.6 is 23.1 Å². The lowest BCUT2D eigenvalue weighted by Crippen LogP contribution is -2.32. The first-order chi connectivity index (χ1) is 12.6. The van der Waals surface area contributed by atoms with E-state index in [4.69, 9.17) is 9.72 Å². The van der Waals surface area contributed by atoms with E-state index < -0.39 is 0 Å². The summed E-state index contributed by atoms with van der Waals surface area (Å²) < 4.78 is 6.87. The van der Waals surface area contributed by atoms with Crippen LogP contribution in [0.5, 0.6) is 0 Å². The van der Waals surface area contributed by atoms with Crippen molar-refractivity contribution in [3.8, 4) is 0 Å². The van der Waals surface area contributed by atoms with Gasteiger partial charge in [0, 0.05) is 18.5 Å². The molecule has 26 heavy (non-hydrogen) atoms. The van der Waals surface area contributed by atoms with Crippen LogP contribution in [0.4, 0.5) is 0 Å². The zero-order valence-corrected chi connectivity index (χ0v) is 17.1. The summed E-state index contributed by atoms with van der Waals surface area (Å²) in [6.07, 6.45) is 3.61. The standard InChI is InChI=1S/C18H25N3O3S2/c1-4-12-11(2)25-16-14(12)17(23)21(9-10-24-3)18(20-16)26-13-7-5-6-8-19-15(13)22/h13H,4-10H2,1-3H3,(H,19,22)/t13-/m0/s1. The van der Waals surface area contributed by atoms with Gasteiger partial charge < -0.3 is 10.1 Å². The van der Waals surface area contributed by atoms with Gasteiger partial charge in [-0.15, -0.1) is 11.3 Å². The van der Waals surface area contributed by atoms with Crippen molar-refractivity contribution in [2.75, 3.05) is 20.3 Å². The highest BCUT2D eigenvalue weighted by Crippen LogP contribution is 2.32. The number of ether oxygens (including phenoxy) is 1. The van der Waals surface area contributed by atoms with E-state index in [9.17, 15) is 9.59 Å². The largest absolute Gasteiger partial charge is 0.383 e. The van der Waals surface area contributed by atoms with Gasteiger partial charge in [0.15, 0.2) is 5.16 Å². The van der Waals surface area contributed by atoms with Crippen LogP contribution in [0.1, 0.15) is 36.6 Å². The van der Waals surface area contributed by atoms with E-state index in [1.165, 1.54) is 11.8 Å². The number of methoxy groups -OCH3 is 1. The third-order valence-corrected chi connectivity index (χ3v) is 6.98. The first-order valence-corrected chi connectivity index (χ1v) is 10.7. The van der Waals surface area contributed by atoms with Crippen molar-refractivity contribution in [3.63, 3.8) is 0 Å². The fraction of sp³-hybridized carbons (Fsp3) is 0.611. The second-order valence-electron chi connectivity index (χ2n) is 6.41. The summed E-state index contributed by atoms with van der Waals surface area (Å²) in [6, 6.07) is 0. The van der Waals surface area contributed by atoms with Crippen molar-refractivity contribution in [1.29, 1.82) is 0 Å². The van der Waals surface area contributed by atoms with E-state index in [2.05, 4.69) is 12.2 Å². The molecule has 6 nitrogen and oxygen atoms in total. The van der Waals surface area contributed by atoms with Gasteiger partial charge in [0.05, 0.1) is 23.8 Å². The van der Waals surface area contributed by atoms with Crippen LogP contribution in [0.3, 0.4) is 0 Å². The lowest BCUT2D eigenvalue weighted by Gasteiger charge is -2.16. The van der Waals surface area contributed by atoms with Gasteiger partial charge in [-0.25, -0.2) is 4.98 Å². The van der Waals surface area contributed by atoms with Crippen molar-refractivity contribution in [1.82, 2.24) is 14.9 Å². The molecule has 1 aliphatic rings. The van der Waals surface area contributed by atoms with Crippen molar-refractivity contribution in [2.24, 2.45) is 0 Å². The van der Waals surface area contributed by atoms with Crippen molar-refractivity contribution in [2.45, 2.75) is 56.5 Å². The highest BCUT2D eigenvalue weighted by Gasteiger charge is 2.25. The summed E-state index contributed by atoms with van der Waals surface area (Å²) in [6.45, 7) is 5.69. The number of rotatable bonds is 6. The average molecular weight is 396 g/mol. The molecule has 1 amide bonds. The van der Waals surface area contributed by atoms with E-state index in [1.807, 2.05) is 6.92 Å². The summed E-state index contributed by atoms with van der Waals surface area (Å²) in [5, 5.41) is 4.09. The van der Waals surface area contributed by atoms with Gasteiger partial charge in [0.1, 0.15) is 4.83 Å². The number of thioether (sulfide) groups is 1. The molecule has 0 spiro atoms. The summed E-state index contributed by atoms with van der Waals surface area (Å²) in [7, 11) is 1.62. The number of nitrogens with zero attached hydrogens (tertiary/aromatic N) is 2. The predicted octanol–water partition coefficient (Wildman–Crippen LogP) is 2.74. The third-order valence-electron chi connectivity index (χ3n) is 4.68. The quantitative estimate of drug-likeness (QED) is 0.762. The molecule has 1 fully saturated rings. The molecule has 0 radical (unpaired) electrons. The molecule has 1 atom stereocenters. The Kier molecular flexibility index (Phi) is 6.37. The smallest absolute Gasteiger partial charge is 0.263 e. The number of hydrogen-bond acceptors (Lipinski definition) is 6. The van der Waals surface area contributed by atoms with Gasteiger partial charge >= 0.3 is 0 Å². The van der Waals surface area contributed by atoms with E-state index >= 15 is 0 Å². The number of nitrogens with one attached hydrogen (secondary N) is 1. The number of carbonyl (C=O) groups is 1. The number of carbonyl (C=O) groups excluding carboxylic acids is 1. The number of amides is 1. The van der Waals surface area contributed by atoms with Gasteiger partial charge in [0.2, 0.25) is 5.91 Å². The van der Waals surface area contributed by atoms with Crippen LogP contribution < -0.4 is 10.9 Å². The average Bonchev–Trinajstić information content (AvgIpc) is 2.80. The number of aryl methyl sites for hydroxylation is 2. The first kappa shape index (κ1) is 19.4. The van der Waals surface area contributed by atoms with Crippen molar-refractivity contribution >= 4 is 39.2 Å². The van der Waals surface area contributed by atoms with Gasteiger partial charge in [0.25, 0.3) is 5.56 Å². The van der Waals surface area contributed by atoms with Crippen LogP contribution in [-0.4, -0.2) is 41.0 Å². The number of thiophene rings is 1. The molecule has 3 heterocycles. The molecule has 0 saturated carbocycles. The minimum Gasteiger partial charge on any atom is -0.383 e. The number of aromatic nitrogens is 2. The molecule has 3 rings (SSSR count). The summed E-state index contributed by atoms with van der Waals surface area (Å²) in [4.78, 5) is 32.2. The normalized spacial score (nSPS) is 18.1. The van der Waals surface area contributed by atoms with Gasteiger partial charge in [-0.1, -0.05) is 25.1 Å². The molecular formula is C18H25N3O3S2. The maximum atomic E-state index is 13.2. The highest BCUT2D eigenvalue weighted by molar-refractivity contribution is 8.00. The minimum atomic E-state index is -0.206. The Morgan fingerprint density at radius 2 is 2.19 bits per heavy atom. The second-order valence-corrected chi connectivity index (χ2v) is 8.78. The fourth-order valence-corrected chi connectivity index (χ4v) is 5.61. The topological polar surface area (TPSA) is 73.2 Å². The summed E-state index contributed by atoms with van der Waals surface area (Å²) >= 11 is 2.97. The van der Waals surface area contributed by atoms with Crippen LogP contribution in [-0.2, 0) is 22.5 Å². The molecule has 8 heteroatoms. The number of fused-ring (bicyclic) bond motifs is 1. The van der Waals surface area contributed by atoms with Crippen LogP contribution in [0, 0.1) is 6.92 Å². The molecule has 142 valence electrons. The maximum absolute atomic E-state index is 13.2. The Balaban J connectivity index is 2.07. The Labute approximate surface area is 161 Å². The molecule has 0 aromatic carbocycles. The maximum Gasteiger partial charge on any atom is 0.263 e. The molecule has 2 aromatic heterocycles. The van der Waals surface area contributed by atoms with Crippen molar-refractivity contribution in [3.05, 3.63) is 20.8 Å². The van der Waals surface area contributed by atoms with E-state index in [0.29, 0.717) is 18.3 Å². The second kappa shape index (κ2) is 8.54. The lowest BCUT2D eigenvalue weighted by molar-refractivity contribution is -0.120. The number of hydrogen-bond donors (Lipinski definition) is 1. The molecule has 0 bridgehead atoms. The van der Waals surface area contributed by atoms with E-state index in [-0.39, 0.29) is 16.7 Å². The van der Waals surface area contributed by atoms with E-state index in [0.717, 1.165) is 52.9 Å². The lowest BCUT2D eigenvalue weighted by atomic mass is 10.1. The summed E-state index contributed by atoms with van der Waals surface area (Å²) in [5.74, 6) is 0.0387. The SMILES string of the molecule is CCc1c(C)sc2nc(S[C@H]3CCCCNC3=O)n(CCOC)c(=O)c12. The zero-order valence-electron chi connectivity index (χ0n) is 15.5. The minimum absolute atomic E-state index is 0.0234. The summed E-state index contributed by atoms with van der Waals surface area (Å²) in [5.41, 5.74) is 1.06. The van der Waals surface area contributed by atoms with Gasteiger partial charge in [-0.05, 0) is 31.7 Å². The third kappa shape index (κ3) is 3.82. The first-order valence-electron chi connectivity index (χ1n) is 9.03. The fourth-order valence-electron chi connectivity index (χ4n) is 3.28. The van der Waals surface area contributed by atoms with Gasteiger partial charge in [-0.3, -0.25) is 14.2 Å². The monoisotopic (exact) mass is 395 g/mol. The van der Waals surface area contributed by atoms with Crippen LogP contribution in [0.25, 0.3) is 10.2 Å². The Bertz CT molecular complexity index is 859. The van der Waals surface area contributed by atoms with Crippen molar-refractivity contribution < 1.29 is 9.53 Å².